The highest BCUT2D eigenvalue weighted by molar-refractivity contribution is 6.33. The molecule has 2 atom stereocenters. The number of amides is 2. The number of nitrogens with one attached hydrogen (secondary N) is 2. The Morgan fingerprint density at radius 2 is 1.94 bits per heavy atom. The molecule has 7 nitrogen and oxygen atoms in total. The Balaban J connectivity index is 1.65. The van der Waals surface area contributed by atoms with Crippen LogP contribution in [0.15, 0.2) is 48.0 Å². The molecule has 0 spiro atoms. The fourth-order valence-electron chi connectivity index (χ4n) is 3.88. The van der Waals surface area contributed by atoms with Crippen molar-refractivity contribution in [3.05, 3.63) is 58.6 Å². The van der Waals surface area contributed by atoms with E-state index < -0.39 is 0 Å². The zero-order chi connectivity index (χ0) is 24.5. The minimum absolute atomic E-state index is 0.0209. The number of anilines is 1. The average molecular weight is 482 g/mol. The summed E-state index contributed by atoms with van der Waals surface area (Å²) in [6.45, 7) is 1.88. The molecule has 2 amide bonds. The van der Waals surface area contributed by atoms with Gasteiger partial charge < -0.3 is 20.1 Å². The second kappa shape index (κ2) is 12.1. The molecule has 0 saturated heterocycles. The van der Waals surface area contributed by atoms with Crippen molar-refractivity contribution in [3.8, 4) is 17.6 Å². The standard InChI is InChI=1S/C26H28ClN3O4/c1-17-7-3-5-9-21(17)30-26(32)19(15-28)13-18-11-12-23(24(14-18)33-2)34-16-25(31)29-22-10-6-4-8-20(22)27/h4,6,8,10-14,17,21H,3,5,7,9,16H2,1-2H3,(H,29,31)(H,30,32)/b19-13+. The lowest BCUT2D eigenvalue weighted by Crippen LogP contribution is -2.41. The smallest absolute Gasteiger partial charge is 0.262 e. The molecule has 2 N–H and O–H groups in total. The van der Waals surface area contributed by atoms with Crippen molar-refractivity contribution in [2.45, 2.75) is 38.6 Å². The number of methoxy groups -OCH3 is 1. The first kappa shape index (κ1) is 25.1. The Labute approximate surface area is 204 Å². The molecule has 2 unspecified atom stereocenters. The zero-order valence-corrected chi connectivity index (χ0v) is 20.0. The highest BCUT2D eigenvalue weighted by atomic mass is 35.5. The van der Waals surface area contributed by atoms with Crippen LogP contribution in [-0.2, 0) is 9.59 Å². The number of nitrogens with zero attached hydrogens (tertiary/aromatic N) is 1. The van der Waals surface area contributed by atoms with Gasteiger partial charge in [-0.15, -0.1) is 0 Å². The van der Waals surface area contributed by atoms with Crippen LogP contribution in [0.1, 0.15) is 38.2 Å². The predicted molar refractivity (Wildman–Crippen MR) is 132 cm³/mol. The molecule has 178 valence electrons. The first-order valence-corrected chi connectivity index (χ1v) is 11.6. The normalized spacial score (nSPS) is 17.9. The van der Waals surface area contributed by atoms with Gasteiger partial charge in [0.25, 0.3) is 11.8 Å². The maximum atomic E-state index is 12.7. The van der Waals surface area contributed by atoms with E-state index in [1.165, 1.54) is 19.6 Å². The number of ether oxygens (including phenoxy) is 2. The number of rotatable bonds is 8. The summed E-state index contributed by atoms with van der Waals surface area (Å²) in [7, 11) is 1.47. The maximum Gasteiger partial charge on any atom is 0.262 e. The molecule has 1 saturated carbocycles. The summed E-state index contributed by atoms with van der Waals surface area (Å²) < 4.78 is 11.0. The second-order valence-corrected chi connectivity index (χ2v) is 8.65. The minimum Gasteiger partial charge on any atom is -0.493 e. The monoisotopic (exact) mass is 481 g/mol. The largest absolute Gasteiger partial charge is 0.493 e. The van der Waals surface area contributed by atoms with E-state index in [0.717, 1.165) is 19.3 Å². The van der Waals surface area contributed by atoms with E-state index in [2.05, 4.69) is 17.6 Å². The molecule has 34 heavy (non-hydrogen) atoms. The molecule has 1 fully saturated rings. The van der Waals surface area contributed by atoms with E-state index >= 15 is 0 Å². The predicted octanol–water partition coefficient (Wildman–Crippen LogP) is 4.97. The number of hydrogen-bond donors (Lipinski definition) is 2. The van der Waals surface area contributed by atoms with Gasteiger partial charge in [-0.3, -0.25) is 9.59 Å². The van der Waals surface area contributed by atoms with Gasteiger partial charge in [0.05, 0.1) is 17.8 Å². The van der Waals surface area contributed by atoms with Gasteiger partial charge in [0, 0.05) is 6.04 Å². The van der Waals surface area contributed by atoms with Gasteiger partial charge in [-0.2, -0.15) is 5.26 Å². The number of halogens is 1. The van der Waals surface area contributed by atoms with Crippen LogP contribution in [0, 0.1) is 17.2 Å². The van der Waals surface area contributed by atoms with Gasteiger partial charge in [0.1, 0.15) is 11.6 Å². The first-order valence-electron chi connectivity index (χ1n) is 11.2. The fraction of sp³-hybridized carbons (Fsp3) is 0.346. The number of hydrogen-bond acceptors (Lipinski definition) is 5. The van der Waals surface area contributed by atoms with Crippen LogP contribution in [0.3, 0.4) is 0 Å². The maximum absolute atomic E-state index is 12.7. The Hall–Kier alpha value is -3.50. The lowest BCUT2D eigenvalue weighted by molar-refractivity contribution is -0.119. The van der Waals surface area contributed by atoms with Crippen LogP contribution in [0.5, 0.6) is 11.5 Å². The number of carbonyl (C=O) groups excluding carboxylic acids is 2. The second-order valence-electron chi connectivity index (χ2n) is 8.24. The third-order valence-electron chi connectivity index (χ3n) is 5.80. The Morgan fingerprint density at radius 1 is 1.18 bits per heavy atom. The Morgan fingerprint density at radius 3 is 2.65 bits per heavy atom. The van der Waals surface area contributed by atoms with Crippen molar-refractivity contribution >= 4 is 35.2 Å². The van der Waals surface area contributed by atoms with Crippen molar-refractivity contribution < 1.29 is 19.1 Å². The van der Waals surface area contributed by atoms with Gasteiger partial charge in [-0.25, -0.2) is 0 Å². The molecular formula is C26H28ClN3O4. The number of nitriles is 1. The number of para-hydroxylation sites is 1. The Bertz CT molecular complexity index is 1110. The average Bonchev–Trinajstić information content (AvgIpc) is 2.84. The molecule has 2 aromatic carbocycles. The van der Waals surface area contributed by atoms with Crippen molar-refractivity contribution in [1.29, 1.82) is 5.26 Å². The lowest BCUT2D eigenvalue weighted by Gasteiger charge is -2.29. The van der Waals surface area contributed by atoms with E-state index in [1.807, 2.05) is 6.07 Å². The van der Waals surface area contributed by atoms with E-state index in [1.54, 1.807) is 42.5 Å². The van der Waals surface area contributed by atoms with E-state index in [0.29, 0.717) is 33.7 Å². The van der Waals surface area contributed by atoms with E-state index in [4.69, 9.17) is 21.1 Å². The summed E-state index contributed by atoms with van der Waals surface area (Å²) in [4.78, 5) is 24.9. The van der Waals surface area contributed by atoms with Gasteiger partial charge in [-0.05, 0) is 54.7 Å². The van der Waals surface area contributed by atoms with Crippen molar-refractivity contribution in [1.82, 2.24) is 5.32 Å². The highest BCUT2D eigenvalue weighted by Crippen LogP contribution is 2.29. The van der Waals surface area contributed by atoms with Crippen LogP contribution in [0.2, 0.25) is 5.02 Å². The van der Waals surface area contributed by atoms with Crippen LogP contribution in [0.4, 0.5) is 5.69 Å². The summed E-state index contributed by atoms with van der Waals surface area (Å²) in [5.41, 5.74) is 1.12. The summed E-state index contributed by atoms with van der Waals surface area (Å²) in [5.74, 6) is 0.367. The molecule has 3 rings (SSSR count). The van der Waals surface area contributed by atoms with Crippen molar-refractivity contribution in [3.63, 3.8) is 0 Å². The Kier molecular flexibility index (Phi) is 8.94. The van der Waals surface area contributed by atoms with Gasteiger partial charge in [0.15, 0.2) is 18.1 Å². The molecule has 0 radical (unpaired) electrons. The summed E-state index contributed by atoms with van der Waals surface area (Å²) in [6, 6.07) is 14.0. The lowest BCUT2D eigenvalue weighted by atomic mass is 9.86. The summed E-state index contributed by atoms with van der Waals surface area (Å²) in [6.07, 6.45) is 5.76. The third-order valence-corrected chi connectivity index (χ3v) is 6.13. The molecule has 1 aliphatic rings. The first-order chi connectivity index (χ1) is 16.4. The van der Waals surface area contributed by atoms with Gasteiger partial charge in [0.2, 0.25) is 0 Å². The molecule has 0 aromatic heterocycles. The molecular weight excluding hydrogens is 454 g/mol. The van der Waals surface area contributed by atoms with Crippen LogP contribution in [-0.4, -0.2) is 31.6 Å². The summed E-state index contributed by atoms with van der Waals surface area (Å²) in [5, 5.41) is 15.6. The molecule has 0 aliphatic heterocycles. The molecule has 8 heteroatoms. The van der Waals surface area contributed by atoms with Crippen molar-refractivity contribution in [2.75, 3.05) is 19.0 Å². The topological polar surface area (TPSA) is 100 Å². The SMILES string of the molecule is COc1cc(/C=C(\C#N)C(=O)NC2CCCCC2C)ccc1OCC(=O)Nc1ccccc1Cl. The number of benzene rings is 2. The third kappa shape index (κ3) is 6.75. The van der Waals surface area contributed by atoms with Gasteiger partial charge >= 0.3 is 0 Å². The van der Waals surface area contributed by atoms with Crippen LogP contribution >= 0.6 is 11.6 Å². The molecule has 0 bridgehead atoms. The van der Waals surface area contributed by atoms with Gasteiger partial charge in [-0.1, -0.05) is 49.6 Å². The molecule has 1 aliphatic carbocycles. The van der Waals surface area contributed by atoms with E-state index in [-0.39, 0.29) is 30.0 Å². The molecule has 0 heterocycles. The quantitative estimate of drug-likeness (QED) is 0.409. The number of carbonyl (C=O) groups is 2. The fourth-order valence-corrected chi connectivity index (χ4v) is 4.06. The highest BCUT2D eigenvalue weighted by Gasteiger charge is 2.24. The van der Waals surface area contributed by atoms with E-state index in [9.17, 15) is 14.9 Å². The molecule has 2 aromatic rings. The van der Waals surface area contributed by atoms with Crippen LogP contribution in [0.25, 0.3) is 6.08 Å². The van der Waals surface area contributed by atoms with Crippen LogP contribution < -0.4 is 20.1 Å². The van der Waals surface area contributed by atoms with Crippen molar-refractivity contribution in [2.24, 2.45) is 5.92 Å². The zero-order valence-electron chi connectivity index (χ0n) is 19.3. The summed E-state index contributed by atoms with van der Waals surface area (Å²) >= 11 is 6.06. The minimum atomic E-state index is -0.378.